The van der Waals surface area contributed by atoms with Crippen molar-refractivity contribution < 1.29 is 19.1 Å². The minimum atomic E-state index is -0.478. The van der Waals surface area contributed by atoms with Gasteiger partial charge in [0.2, 0.25) is 0 Å². The third-order valence-corrected chi connectivity index (χ3v) is 5.71. The smallest absolute Gasteiger partial charge is 0.411 e. The molecule has 0 heterocycles. The Morgan fingerprint density at radius 3 is 1.84 bits per heavy atom. The van der Waals surface area contributed by atoms with Gasteiger partial charge in [-0.25, -0.2) is 9.59 Å². The van der Waals surface area contributed by atoms with Gasteiger partial charge in [0.15, 0.2) is 0 Å². The van der Waals surface area contributed by atoms with E-state index in [4.69, 9.17) is 9.47 Å². The van der Waals surface area contributed by atoms with Crippen LogP contribution in [0.25, 0.3) is 0 Å². The number of amides is 2. The van der Waals surface area contributed by atoms with Crippen LogP contribution in [-0.4, -0.2) is 25.4 Å². The first-order chi connectivity index (χ1) is 14.9. The Balaban J connectivity index is 2.56. The van der Waals surface area contributed by atoms with E-state index in [-0.39, 0.29) is 0 Å². The van der Waals surface area contributed by atoms with E-state index in [1.807, 2.05) is 13.0 Å². The molecule has 1 aromatic carbocycles. The molecule has 31 heavy (non-hydrogen) atoms. The van der Waals surface area contributed by atoms with Gasteiger partial charge in [-0.1, -0.05) is 72.3 Å². The molecule has 0 aliphatic heterocycles. The summed E-state index contributed by atoms with van der Waals surface area (Å²) in [7, 11) is 0. The molecule has 0 aliphatic carbocycles. The van der Waals surface area contributed by atoms with Crippen LogP contribution >= 0.6 is 0 Å². The molecule has 0 fully saturated rings. The van der Waals surface area contributed by atoms with Crippen LogP contribution < -0.4 is 10.6 Å². The van der Waals surface area contributed by atoms with E-state index in [0.717, 1.165) is 56.9 Å². The molecule has 2 N–H and O–H groups in total. The normalized spacial score (nSPS) is 12.7. The summed E-state index contributed by atoms with van der Waals surface area (Å²) in [5, 5.41) is 5.54. The molecule has 176 valence electrons. The van der Waals surface area contributed by atoms with E-state index in [2.05, 4.69) is 38.3 Å². The van der Waals surface area contributed by atoms with Crippen molar-refractivity contribution in [2.24, 2.45) is 11.8 Å². The molecule has 2 amide bonds. The van der Waals surface area contributed by atoms with Crippen molar-refractivity contribution >= 4 is 23.6 Å². The molecule has 0 aromatic heterocycles. The maximum Gasteiger partial charge on any atom is 0.411 e. The summed E-state index contributed by atoms with van der Waals surface area (Å²) in [6.45, 7) is 11.3. The zero-order valence-electron chi connectivity index (χ0n) is 20.1. The van der Waals surface area contributed by atoms with Gasteiger partial charge in [0.1, 0.15) is 0 Å². The molecular weight excluding hydrogens is 392 g/mol. The van der Waals surface area contributed by atoms with Crippen molar-refractivity contribution in [3.8, 4) is 0 Å². The first-order valence-corrected chi connectivity index (χ1v) is 11.9. The molecule has 1 rings (SSSR count). The Bertz CT molecular complexity index is 663. The number of aryl methyl sites for hydroxylation is 1. The number of carbonyl (C=O) groups is 2. The summed E-state index contributed by atoms with van der Waals surface area (Å²) < 4.78 is 10.8. The molecule has 2 unspecified atom stereocenters. The summed E-state index contributed by atoms with van der Waals surface area (Å²) in [6, 6.07) is 5.36. The highest BCUT2D eigenvalue weighted by molar-refractivity contribution is 5.89. The van der Waals surface area contributed by atoms with Crippen LogP contribution in [0.2, 0.25) is 0 Å². The van der Waals surface area contributed by atoms with Crippen molar-refractivity contribution in [2.45, 2.75) is 86.0 Å². The fraction of sp³-hybridized carbons (Fsp3) is 0.680. The lowest BCUT2D eigenvalue weighted by molar-refractivity contribution is 0.135. The number of nitrogens with one attached hydrogen (secondary N) is 2. The largest absolute Gasteiger partial charge is 0.449 e. The average Bonchev–Trinajstić information content (AvgIpc) is 2.76. The van der Waals surface area contributed by atoms with Crippen LogP contribution in [0.5, 0.6) is 0 Å². The number of benzene rings is 1. The average molecular weight is 435 g/mol. The highest BCUT2D eigenvalue weighted by Crippen LogP contribution is 2.21. The van der Waals surface area contributed by atoms with Crippen LogP contribution in [0, 0.1) is 18.8 Å². The standard InChI is InChI=1S/C25H42N2O4/c1-6-10-12-20(8-3)17-30-24(28)26-22-15-14-19(5)23(16-22)27-25(29)31-18-21(9-4)13-11-7-2/h14-16,20-21H,6-13,17-18H2,1-5H3,(H,26,28)(H,27,29). The monoisotopic (exact) mass is 434 g/mol. The Morgan fingerprint density at radius 2 is 1.35 bits per heavy atom. The second-order valence-corrected chi connectivity index (χ2v) is 8.31. The Labute approximate surface area is 188 Å². The van der Waals surface area contributed by atoms with Gasteiger partial charge in [-0.3, -0.25) is 10.6 Å². The number of ether oxygens (including phenoxy) is 2. The number of hydrogen-bond donors (Lipinski definition) is 2. The topological polar surface area (TPSA) is 76.7 Å². The third kappa shape index (κ3) is 11.1. The van der Waals surface area contributed by atoms with Gasteiger partial charge in [0, 0.05) is 11.4 Å². The van der Waals surface area contributed by atoms with E-state index in [0.29, 0.717) is 36.4 Å². The molecular formula is C25H42N2O4. The van der Waals surface area contributed by atoms with E-state index in [1.165, 1.54) is 0 Å². The second-order valence-electron chi connectivity index (χ2n) is 8.31. The molecule has 6 nitrogen and oxygen atoms in total. The van der Waals surface area contributed by atoms with Gasteiger partial charge in [-0.2, -0.15) is 0 Å². The first kappa shape index (κ1) is 26.8. The zero-order valence-corrected chi connectivity index (χ0v) is 20.1. The molecule has 6 heteroatoms. The number of rotatable bonds is 14. The van der Waals surface area contributed by atoms with Crippen LogP contribution in [-0.2, 0) is 9.47 Å². The zero-order chi connectivity index (χ0) is 23.1. The van der Waals surface area contributed by atoms with Crippen molar-refractivity contribution in [2.75, 3.05) is 23.8 Å². The van der Waals surface area contributed by atoms with Crippen molar-refractivity contribution in [3.05, 3.63) is 23.8 Å². The second kappa shape index (κ2) is 15.5. The first-order valence-electron chi connectivity index (χ1n) is 11.9. The van der Waals surface area contributed by atoms with Gasteiger partial charge in [0.25, 0.3) is 0 Å². The molecule has 0 aliphatic rings. The van der Waals surface area contributed by atoms with Crippen LogP contribution in [0.1, 0.15) is 84.6 Å². The molecule has 0 radical (unpaired) electrons. The van der Waals surface area contributed by atoms with Gasteiger partial charge in [-0.15, -0.1) is 0 Å². The van der Waals surface area contributed by atoms with E-state index >= 15 is 0 Å². The summed E-state index contributed by atoms with van der Waals surface area (Å²) in [5.41, 5.74) is 2.07. The van der Waals surface area contributed by atoms with Crippen molar-refractivity contribution in [1.29, 1.82) is 0 Å². The lowest BCUT2D eigenvalue weighted by Crippen LogP contribution is -2.20. The van der Waals surface area contributed by atoms with E-state index < -0.39 is 12.2 Å². The van der Waals surface area contributed by atoms with Crippen LogP contribution in [0.3, 0.4) is 0 Å². The minimum absolute atomic E-state index is 0.388. The summed E-state index contributed by atoms with van der Waals surface area (Å²) in [5.74, 6) is 0.777. The molecule has 0 spiro atoms. The van der Waals surface area contributed by atoms with Crippen LogP contribution in [0.4, 0.5) is 21.0 Å². The van der Waals surface area contributed by atoms with Crippen molar-refractivity contribution in [3.63, 3.8) is 0 Å². The van der Waals surface area contributed by atoms with Gasteiger partial charge < -0.3 is 9.47 Å². The van der Waals surface area contributed by atoms with Gasteiger partial charge in [-0.05, 0) is 49.3 Å². The number of carbonyl (C=O) groups excluding carboxylic acids is 2. The third-order valence-electron chi connectivity index (χ3n) is 5.71. The maximum absolute atomic E-state index is 12.2. The summed E-state index contributed by atoms with van der Waals surface area (Å²) >= 11 is 0. The quantitative estimate of drug-likeness (QED) is 0.317. The molecule has 0 bridgehead atoms. The Morgan fingerprint density at radius 1 is 0.839 bits per heavy atom. The number of unbranched alkanes of at least 4 members (excludes halogenated alkanes) is 2. The number of anilines is 2. The molecule has 0 saturated heterocycles. The minimum Gasteiger partial charge on any atom is -0.449 e. The fourth-order valence-electron chi connectivity index (χ4n) is 3.32. The maximum atomic E-state index is 12.2. The SMILES string of the molecule is CCCCC(CC)COC(=O)Nc1ccc(C)c(NC(=O)OCC(CC)CCCC)c1. The highest BCUT2D eigenvalue weighted by atomic mass is 16.6. The Kier molecular flexibility index (Phi) is 13.4. The van der Waals surface area contributed by atoms with Gasteiger partial charge >= 0.3 is 12.2 Å². The number of hydrogen-bond acceptors (Lipinski definition) is 4. The van der Waals surface area contributed by atoms with Gasteiger partial charge in [0.05, 0.1) is 13.2 Å². The van der Waals surface area contributed by atoms with E-state index in [9.17, 15) is 9.59 Å². The van der Waals surface area contributed by atoms with Crippen LogP contribution in [0.15, 0.2) is 18.2 Å². The Hall–Kier alpha value is -2.24. The molecule has 2 atom stereocenters. The molecule has 0 saturated carbocycles. The lowest BCUT2D eigenvalue weighted by atomic mass is 10.0. The predicted octanol–water partition coefficient (Wildman–Crippen LogP) is 7.52. The van der Waals surface area contributed by atoms with Crippen molar-refractivity contribution in [1.82, 2.24) is 0 Å². The lowest BCUT2D eigenvalue weighted by Gasteiger charge is -2.16. The molecule has 1 aromatic rings. The fourth-order valence-corrected chi connectivity index (χ4v) is 3.32. The predicted molar refractivity (Wildman–Crippen MR) is 128 cm³/mol. The van der Waals surface area contributed by atoms with E-state index in [1.54, 1.807) is 12.1 Å². The summed E-state index contributed by atoms with van der Waals surface area (Å²) in [4.78, 5) is 24.4. The highest BCUT2D eigenvalue weighted by Gasteiger charge is 2.13. The summed E-state index contributed by atoms with van der Waals surface area (Å²) in [6.07, 6.45) is 7.74.